The second-order valence-corrected chi connectivity index (χ2v) is 1.60. The monoisotopic (exact) mass is 136 g/mol. The lowest BCUT2D eigenvalue weighted by Crippen LogP contribution is -1.87. The van der Waals surface area contributed by atoms with E-state index in [9.17, 15) is 0 Å². The molecule has 0 saturated carbocycles. The summed E-state index contributed by atoms with van der Waals surface area (Å²) in [6, 6.07) is 0. The van der Waals surface area contributed by atoms with E-state index in [1.807, 2.05) is 17.8 Å². The lowest BCUT2D eigenvalue weighted by Gasteiger charge is -1.89. The fourth-order valence-corrected chi connectivity index (χ4v) is 0.574. The van der Waals surface area contributed by atoms with Crippen molar-refractivity contribution in [3.63, 3.8) is 0 Å². The van der Waals surface area contributed by atoms with Crippen LogP contribution in [0.4, 0.5) is 0 Å². The number of hydrogen-bond acceptors (Lipinski definition) is 1. The van der Waals surface area contributed by atoms with Gasteiger partial charge in [-0.15, -0.1) is 13.2 Å². The van der Waals surface area contributed by atoms with Gasteiger partial charge in [-0.25, -0.2) is 4.98 Å². The maximum atomic E-state index is 3.98. The molecule has 0 saturated heterocycles. The van der Waals surface area contributed by atoms with Gasteiger partial charge in [-0.1, -0.05) is 6.58 Å². The molecule has 0 aliphatic rings. The molecular formula is C8H12N2. The van der Waals surface area contributed by atoms with E-state index < -0.39 is 0 Å². The van der Waals surface area contributed by atoms with Gasteiger partial charge in [0.05, 0.1) is 0 Å². The van der Waals surface area contributed by atoms with Crippen LogP contribution in [-0.2, 0) is 7.05 Å². The van der Waals surface area contributed by atoms with E-state index in [4.69, 9.17) is 0 Å². The molecule has 10 heavy (non-hydrogen) atoms. The molecule has 0 N–H and O–H groups in total. The normalized spacial score (nSPS) is 7.70. The highest BCUT2D eigenvalue weighted by atomic mass is 15.0. The standard InChI is InChI=1S/C6H8N2.C2H4/c1-3-6-7-4-5-8(6)2;1-2/h3-5H,1H2,2H3;1-2H2. The predicted octanol–water partition coefficient (Wildman–Crippen LogP) is 1.87. The zero-order valence-corrected chi connectivity index (χ0v) is 6.25. The summed E-state index contributed by atoms with van der Waals surface area (Å²) in [5, 5.41) is 0. The Kier molecular flexibility index (Phi) is 3.96. The fraction of sp³-hybridized carbons (Fsp3) is 0.125. The summed E-state index contributed by atoms with van der Waals surface area (Å²) in [6.45, 7) is 9.58. The number of aromatic nitrogens is 2. The van der Waals surface area contributed by atoms with Gasteiger partial charge in [0.1, 0.15) is 5.82 Å². The van der Waals surface area contributed by atoms with Gasteiger partial charge in [0, 0.05) is 19.4 Å². The van der Waals surface area contributed by atoms with Crippen LogP contribution in [-0.4, -0.2) is 9.55 Å². The lowest BCUT2D eigenvalue weighted by molar-refractivity contribution is 0.898. The highest BCUT2D eigenvalue weighted by Gasteiger charge is 1.87. The Morgan fingerprint density at radius 3 is 2.40 bits per heavy atom. The third-order valence-corrected chi connectivity index (χ3v) is 1.04. The van der Waals surface area contributed by atoms with Crippen LogP contribution in [0.25, 0.3) is 6.08 Å². The van der Waals surface area contributed by atoms with Crippen molar-refractivity contribution in [3.8, 4) is 0 Å². The van der Waals surface area contributed by atoms with Crippen molar-refractivity contribution < 1.29 is 0 Å². The molecule has 54 valence electrons. The van der Waals surface area contributed by atoms with Gasteiger partial charge < -0.3 is 4.57 Å². The van der Waals surface area contributed by atoms with Crippen LogP contribution in [0.2, 0.25) is 0 Å². The molecule has 0 spiro atoms. The van der Waals surface area contributed by atoms with Crippen molar-refractivity contribution in [3.05, 3.63) is 38.0 Å². The first-order valence-corrected chi connectivity index (χ1v) is 2.94. The third kappa shape index (κ3) is 1.90. The molecule has 2 nitrogen and oxygen atoms in total. The van der Waals surface area contributed by atoms with E-state index >= 15 is 0 Å². The molecule has 0 aliphatic heterocycles. The van der Waals surface area contributed by atoms with E-state index in [0.717, 1.165) is 5.82 Å². The van der Waals surface area contributed by atoms with Crippen LogP contribution in [0.5, 0.6) is 0 Å². The Hall–Kier alpha value is -1.31. The van der Waals surface area contributed by atoms with Gasteiger partial charge >= 0.3 is 0 Å². The van der Waals surface area contributed by atoms with Gasteiger partial charge in [-0.2, -0.15) is 0 Å². The summed E-state index contributed by atoms with van der Waals surface area (Å²) in [4.78, 5) is 3.98. The number of imidazole rings is 1. The fourth-order valence-electron chi connectivity index (χ4n) is 0.574. The van der Waals surface area contributed by atoms with E-state index in [-0.39, 0.29) is 0 Å². The predicted molar refractivity (Wildman–Crippen MR) is 44.6 cm³/mol. The molecule has 0 aliphatic carbocycles. The zero-order chi connectivity index (χ0) is 7.98. The van der Waals surface area contributed by atoms with Crippen LogP contribution < -0.4 is 0 Å². The molecular weight excluding hydrogens is 124 g/mol. The van der Waals surface area contributed by atoms with Gasteiger partial charge in [0.15, 0.2) is 0 Å². The van der Waals surface area contributed by atoms with Gasteiger partial charge in [0.25, 0.3) is 0 Å². The van der Waals surface area contributed by atoms with E-state index in [2.05, 4.69) is 24.7 Å². The van der Waals surface area contributed by atoms with E-state index in [1.165, 1.54) is 0 Å². The highest BCUT2D eigenvalue weighted by molar-refractivity contribution is 5.35. The number of nitrogens with zero attached hydrogens (tertiary/aromatic N) is 2. The molecule has 2 heteroatoms. The summed E-state index contributed by atoms with van der Waals surface area (Å²) >= 11 is 0. The Labute approximate surface area is 61.5 Å². The third-order valence-electron chi connectivity index (χ3n) is 1.04. The van der Waals surface area contributed by atoms with Gasteiger partial charge in [-0.3, -0.25) is 0 Å². The first-order chi connectivity index (χ1) is 4.84. The Bertz CT molecular complexity index is 201. The van der Waals surface area contributed by atoms with Crippen molar-refractivity contribution in [1.29, 1.82) is 0 Å². The Morgan fingerprint density at radius 2 is 2.20 bits per heavy atom. The van der Waals surface area contributed by atoms with Crippen LogP contribution in [0.3, 0.4) is 0 Å². The molecule has 0 aromatic carbocycles. The van der Waals surface area contributed by atoms with Crippen molar-refractivity contribution in [2.45, 2.75) is 0 Å². The molecule has 1 heterocycles. The van der Waals surface area contributed by atoms with Crippen LogP contribution >= 0.6 is 0 Å². The average Bonchev–Trinajstić information content (AvgIpc) is 2.39. The number of aryl methyl sites for hydroxylation is 1. The maximum Gasteiger partial charge on any atom is 0.131 e. The van der Waals surface area contributed by atoms with Crippen molar-refractivity contribution in [1.82, 2.24) is 9.55 Å². The van der Waals surface area contributed by atoms with E-state index in [0.29, 0.717) is 0 Å². The number of hydrogen-bond donors (Lipinski definition) is 0. The molecule has 1 aromatic heterocycles. The minimum absolute atomic E-state index is 0.907. The van der Waals surface area contributed by atoms with E-state index in [1.54, 1.807) is 12.3 Å². The molecule has 0 fully saturated rings. The molecule has 0 amide bonds. The summed E-state index contributed by atoms with van der Waals surface area (Å²) < 4.78 is 1.91. The molecule has 0 bridgehead atoms. The minimum atomic E-state index is 0.907. The topological polar surface area (TPSA) is 17.8 Å². The van der Waals surface area contributed by atoms with Gasteiger partial charge in [0.2, 0.25) is 0 Å². The quantitative estimate of drug-likeness (QED) is 0.539. The summed E-state index contributed by atoms with van der Waals surface area (Å²) in [5.41, 5.74) is 0. The zero-order valence-electron chi connectivity index (χ0n) is 6.25. The van der Waals surface area contributed by atoms with Crippen LogP contribution in [0, 0.1) is 0 Å². The minimum Gasteiger partial charge on any atom is -0.335 e. The smallest absolute Gasteiger partial charge is 0.131 e. The first-order valence-electron chi connectivity index (χ1n) is 2.94. The first kappa shape index (κ1) is 8.69. The second-order valence-electron chi connectivity index (χ2n) is 1.60. The maximum absolute atomic E-state index is 3.98. The molecule has 0 unspecified atom stereocenters. The van der Waals surface area contributed by atoms with Crippen molar-refractivity contribution >= 4 is 6.08 Å². The van der Waals surface area contributed by atoms with Crippen LogP contribution in [0.15, 0.2) is 32.1 Å². The SMILES string of the molecule is C=C.C=Cc1nccn1C. The summed E-state index contributed by atoms with van der Waals surface area (Å²) in [7, 11) is 1.93. The van der Waals surface area contributed by atoms with Crippen LogP contribution in [0.1, 0.15) is 5.82 Å². The molecule has 1 rings (SSSR count). The Balaban J connectivity index is 0.000000371. The Morgan fingerprint density at radius 1 is 1.60 bits per heavy atom. The molecule has 0 radical (unpaired) electrons. The highest BCUT2D eigenvalue weighted by Crippen LogP contribution is 1.92. The largest absolute Gasteiger partial charge is 0.335 e. The van der Waals surface area contributed by atoms with Crippen molar-refractivity contribution in [2.24, 2.45) is 7.05 Å². The average molecular weight is 136 g/mol. The molecule has 1 aromatic rings. The lowest BCUT2D eigenvalue weighted by atomic mass is 10.6. The number of rotatable bonds is 1. The summed E-state index contributed by atoms with van der Waals surface area (Å²) in [5.74, 6) is 0.907. The second kappa shape index (κ2) is 4.56. The summed E-state index contributed by atoms with van der Waals surface area (Å²) in [6.07, 6.45) is 5.36. The molecule has 0 atom stereocenters. The van der Waals surface area contributed by atoms with Crippen molar-refractivity contribution in [2.75, 3.05) is 0 Å². The van der Waals surface area contributed by atoms with Gasteiger partial charge in [-0.05, 0) is 6.08 Å².